The third kappa shape index (κ3) is 2.53. The normalized spacial score (nSPS) is 11.6. The summed E-state index contributed by atoms with van der Waals surface area (Å²) in [6.07, 6.45) is -3.83. The van der Waals surface area contributed by atoms with Crippen LogP contribution in [0.5, 0.6) is 0 Å². The van der Waals surface area contributed by atoms with E-state index in [0.717, 1.165) is 12.3 Å². The van der Waals surface area contributed by atoms with Gasteiger partial charge in [-0.3, -0.25) is 0 Å². The summed E-state index contributed by atoms with van der Waals surface area (Å²) in [5.74, 6) is -1.44. The molecular formula is C10H5ClF3N3O2. The number of rotatable bonds is 2. The van der Waals surface area contributed by atoms with E-state index < -0.39 is 29.1 Å². The van der Waals surface area contributed by atoms with Gasteiger partial charge in [-0.25, -0.2) is 9.48 Å². The summed E-state index contributed by atoms with van der Waals surface area (Å²) >= 11 is 5.52. The number of carboxylic acids is 1. The van der Waals surface area contributed by atoms with E-state index in [1.165, 1.54) is 6.07 Å². The van der Waals surface area contributed by atoms with Gasteiger partial charge in [0, 0.05) is 5.02 Å². The van der Waals surface area contributed by atoms with Crippen LogP contribution in [0, 0.1) is 0 Å². The minimum absolute atomic E-state index is 0.118. The Labute approximate surface area is 109 Å². The van der Waals surface area contributed by atoms with Crippen molar-refractivity contribution in [1.82, 2.24) is 15.0 Å². The van der Waals surface area contributed by atoms with Crippen LogP contribution in [0.2, 0.25) is 5.02 Å². The third-order valence-electron chi connectivity index (χ3n) is 2.26. The van der Waals surface area contributed by atoms with Crippen LogP contribution in [-0.4, -0.2) is 26.1 Å². The van der Waals surface area contributed by atoms with Crippen molar-refractivity contribution in [3.8, 4) is 5.69 Å². The Balaban J connectivity index is 2.69. The Morgan fingerprint density at radius 2 is 2.05 bits per heavy atom. The van der Waals surface area contributed by atoms with E-state index in [2.05, 4.69) is 10.3 Å². The number of aromatic nitrogens is 3. The second-order valence-corrected chi connectivity index (χ2v) is 3.93. The molecule has 0 amide bonds. The van der Waals surface area contributed by atoms with Crippen molar-refractivity contribution in [2.75, 3.05) is 0 Å². The predicted octanol–water partition coefficient (Wildman–Crippen LogP) is 2.64. The lowest BCUT2D eigenvalue weighted by molar-refractivity contribution is -0.137. The molecule has 0 bridgehead atoms. The molecule has 0 atom stereocenters. The molecule has 0 aliphatic rings. The summed E-state index contributed by atoms with van der Waals surface area (Å²) in [6.45, 7) is 0. The highest BCUT2D eigenvalue weighted by atomic mass is 35.5. The van der Waals surface area contributed by atoms with Crippen molar-refractivity contribution in [3.63, 3.8) is 0 Å². The van der Waals surface area contributed by atoms with Crippen molar-refractivity contribution in [2.24, 2.45) is 0 Å². The van der Waals surface area contributed by atoms with Gasteiger partial charge in [-0.1, -0.05) is 16.8 Å². The molecule has 0 radical (unpaired) electrons. The number of hydrogen-bond acceptors (Lipinski definition) is 3. The van der Waals surface area contributed by atoms with E-state index in [9.17, 15) is 18.0 Å². The highest BCUT2D eigenvalue weighted by Gasteiger charge is 2.35. The molecular weight excluding hydrogens is 287 g/mol. The molecule has 1 aromatic heterocycles. The fourth-order valence-electron chi connectivity index (χ4n) is 1.48. The molecule has 100 valence electrons. The Morgan fingerprint density at radius 1 is 1.37 bits per heavy atom. The zero-order valence-electron chi connectivity index (χ0n) is 9.02. The molecule has 0 saturated heterocycles. The number of carboxylic acid groups (broad SMARTS) is 1. The van der Waals surface area contributed by atoms with Crippen LogP contribution in [0.1, 0.15) is 16.1 Å². The Hall–Kier alpha value is -2.09. The van der Waals surface area contributed by atoms with Crippen LogP contribution < -0.4 is 0 Å². The second kappa shape index (κ2) is 4.54. The van der Waals surface area contributed by atoms with E-state index in [4.69, 9.17) is 16.7 Å². The monoisotopic (exact) mass is 291 g/mol. The van der Waals surface area contributed by atoms with Crippen molar-refractivity contribution in [2.45, 2.75) is 6.18 Å². The van der Waals surface area contributed by atoms with Gasteiger partial charge in [0.05, 0.1) is 17.4 Å². The third-order valence-corrected chi connectivity index (χ3v) is 2.50. The number of benzene rings is 1. The fraction of sp³-hybridized carbons (Fsp3) is 0.100. The van der Waals surface area contributed by atoms with Gasteiger partial charge in [0.2, 0.25) is 0 Å². The minimum atomic E-state index is -4.69. The lowest BCUT2D eigenvalue weighted by atomic mass is 10.1. The maximum atomic E-state index is 12.9. The van der Waals surface area contributed by atoms with Crippen LogP contribution in [0.15, 0.2) is 24.4 Å². The van der Waals surface area contributed by atoms with Crippen LogP contribution in [0.25, 0.3) is 5.69 Å². The van der Waals surface area contributed by atoms with Crippen molar-refractivity contribution < 1.29 is 23.1 Å². The number of alkyl halides is 3. The van der Waals surface area contributed by atoms with Gasteiger partial charge < -0.3 is 5.11 Å². The minimum Gasteiger partial charge on any atom is -0.476 e. The van der Waals surface area contributed by atoms with Crippen molar-refractivity contribution in [1.29, 1.82) is 0 Å². The topological polar surface area (TPSA) is 68.0 Å². The van der Waals surface area contributed by atoms with Gasteiger partial charge in [0.1, 0.15) is 0 Å². The first-order valence-electron chi connectivity index (χ1n) is 4.82. The summed E-state index contributed by atoms with van der Waals surface area (Å²) in [6, 6.07) is 2.94. The first kappa shape index (κ1) is 13.3. The van der Waals surface area contributed by atoms with E-state index >= 15 is 0 Å². The predicted molar refractivity (Wildman–Crippen MR) is 58.3 cm³/mol. The Kier molecular flexibility index (Phi) is 3.19. The number of aromatic carboxylic acids is 1. The standard InChI is InChI=1S/C10H5ClF3N3O2/c11-5-1-2-7(6(3-5)10(12,13)14)17-8(9(18)19)4-15-16-17/h1-4H,(H,18,19). The first-order chi connectivity index (χ1) is 8.80. The Bertz CT molecular complexity index is 639. The summed E-state index contributed by atoms with van der Waals surface area (Å²) < 4.78 is 39.3. The number of halogens is 4. The number of hydrogen-bond donors (Lipinski definition) is 1. The van der Waals surface area contributed by atoms with Gasteiger partial charge in [-0.05, 0) is 18.2 Å². The maximum Gasteiger partial charge on any atom is 0.418 e. The maximum absolute atomic E-state index is 12.9. The molecule has 0 aliphatic carbocycles. The molecule has 2 aromatic rings. The zero-order valence-corrected chi connectivity index (χ0v) is 9.77. The van der Waals surface area contributed by atoms with E-state index in [1.807, 2.05) is 0 Å². The Morgan fingerprint density at radius 3 is 2.63 bits per heavy atom. The molecule has 1 aromatic carbocycles. The average Bonchev–Trinajstić information content (AvgIpc) is 2.76. The van der Waals surface area contributed by atoms with Crippen LogP contribution in [0.4, 0.5) is 13.2 Å². The lowest BCUT2D eigenvalue weighted by Crippen LogP contribution is -2.15. The van der Waals surface area contributed by atoms with Crippen molar-refractivity contribution >= 4 is 17.6 Å². The van der Waals surface area contributed by atoms with Gasteiger partial charge in [0.25, 0.3) is 0 Å². The zero-order chi connectivity index (χ0) is 14.2. The average molecular weight is 292 g/mol. The van der Waals surface area contributed by atoms with Crippen molar-refractivity contribution in [3.05, 3.63) is 40.7 Å². The molecule has 19 heavy (non-hydrogen) atoms. The molecule has 1 heterocycles. The van der Waals surface area contributed by atoms with Gasteiger partial charge >= 0.3 is 12.1 Å². The van der Waals surface area contributed by atoms with Gasteiger partial charge in [-0.15, -0.1) is 5.10 Å². The molecule has 9 heteroatoms. The quantitative estimate of drug-likeness (QED) is 0.923. The molecule has 0 saturated carbocycles. The molecule has 5 nitrogen and oxygen atoms in total. The fourth-order valence-corrected chi connectivity index (χ4v) is 1.65. The van der Waals surface area contributed by atoms with Crippen LogP contribution in [-0.2, 0) is 6.18 Å². The first-order valence-corrected chi connectivity index (χ1v) is 5.19. The number of carbonyl (C=O) groups is 1. The summed E-state index contributed by atoms with van der Waals surface area (Å²) in [5, 5.41) is 15.4. The SMILES string of the molecule is O=C(O)c1cnnn1-c1ccc(Cl)cc1C(F)(F)F. The molecule has 0 spiro atoms. The van der Waals surface area contributed by atoms with Crippen LogP contribution >= 0.6 is 11.6 Å². The smallest absolute Gasteiger partial charge is 0.418 e. The molecule has 0 fully saturated rings. The largest absolute Gasteiger partial charge is 0.476 e. The van der Waals surface area contributed by atoms with Crippen LogP contribution in [0.3, 0.4) is 0 Å². The molecule has 0 aliphatic heterocycles. The van der Waals surface area contributed by atoms with E-state index in [0.29, 0.717) is 10.7 Å². The summed E-state index contributed by atoms with van der Waals surface area (Å²) in [4.78, 5) is 10.9. The molecule has 2 rings (SSSR count). The lowest BCUT2D eigenvalue weighted by Gasteiger charge is -2.13. The molecule has 1 N–H and O–H groups in total. The van der Waals surface area contributed by atoms with Gasteiger partial charge in [0.15, 0.2) is 5.69 Å². The van der Waals surface area contributed by atoms with E-state index in [1.54, 1.807) is 0 Å². The summed E-state index contributed by atoms with van der Waals surface area (Å²) in [7, 11) is 0. The molecule has 0 unspecified atom stereocenters. The number of nitrogens with zero attached hydrogens (tertiary/aromatic N) is 3. The summed E-state index contributed by atoms with van der Waals surface area (Å²) in [5.41, 5.74) is -2.02. The highest BCUT2D eigenvalue weighted by molar-refractivity contribution is 6.30. The van der Waals surface area contributed by atoms with E-state index in [-0.39, 0.29) is 5.02 Å². The highest BCUT2D eigenvalue weighted by Crippen LogP contribution is 2.35. The second-order valence-electron chi connectivity index (χ2n) is 3.50. The van der Waals surface area contributed by atoms with Gasteiger partial charge in [-0.2, -0.15) is 13.2 Å².